The molecule has 0 amide bonds. The summed E-state index contributed by atoms with van der Waals surface area (Å²) < 4.78 is 6.68. The Kier molecular flexibility index (Phi) is 3.58. The molecule has 0 radical (unpaired) electrons. The monoisotopic (exact) mass is 258 g/mol. The predicted molar refractivity (Wildman–Crippen MR) is 63.4 cm³/mol. The van der Waals surface area contributed by atoms with Crippen molar-refractivity contribution in [2.45, 2.75) is 12.8 Å². The molecule has 0 bridgehead atoms. The van der Waals surface area contributed by atoms with Crippen molar-refractivity contribution < 1.29 is 9.53 Å². The highest BCUT2D eigenvalue weighted by molar-refractivity contribution is 7.18. The number of hydrogen-bond acceptors (Lipinski definition) is 4. The van der Waals surface area contributed by atoms with Gasteiger partial charge >= 0.3 is 0 Å². The fourth-order valence-corrected chi connectivity index (χ4v) is 2.76. The number of nitrogens with zero attached hydrogens (tertiary/aromatic N) is 2. The van der Waals surface area contributed by atoms with Gasteiger partial charge in [0.05, 0.1) is 11.8 Å². The van der Waals surface area contributed by atoms with Crippen molar-refractivity contribution in [3.05, 3.63) is 22.8 Å². The number of thiazole rings is 1. The van der Waals surface area contributed by atoms with Gasteiger partial charge in [-0.25, -0.2) is 4.52 Å². The van der Waals surface area contributed by atoms with Crippen LogP contribution < -0.4 is 0 Å². The molecule has 2 aromatic heterocycles. The second-order valence-corrected chi connectivity index (χ2v) is 4.83. The highest BCUT2D eigenvalue weighted by Crippen LogP contribution is 2.23. The van der Waals surface area contributed by atoms with Crippen LogP contribution in [0, 0.1) is 0 Å². The van der Waals surface area contributed by atoms with E-state index in [1.54, 1.807) is 23.0 Å². The molecule has 4 nitrogen and oxygen atoms in total. The molecule has 2 rings (SSSR count). The van der Waals surface area contributed by atoms with E-state index in [0.29, 0.717) is 5.56 Å². The molecule has 0 aliphatic rings. The molecule has 0 aliphatic carbocycles. The molecule has 0 saturated carbocycles. The summed E-state index contributed by atoms with van der Waals surface area (Å²) in [5.41, 5.74) is 0.477. The van der Waals surface area contributed by atoms with Crippen LogP contribution in [-0.2, 0) is 11.2 Å². The molecule has 0 atom stereocenters. The van der Waals surface area contributed by atoms with Crippen LogP contribution in [0.3, 0.4) is 0 Å². The first kappa shape index (κ1) is 11.6. The maximum Gasteiger partial charge on any atom is 0.257 e. The summed E-state index contributed by atoms with van der Waals surface area (Å²) in [5, 5.41) is 3.62. The number of aryl methyl sites for hydroxylation is 1. The van der Waals surface area contributed by atoms with Crippen molar-refractivity contribution >= 4 is 33.0 Å². The third-order valence-electron chi connectivity index (χ3n) is 2.23. The lowest BCUT2D eigenvalue weighted by atomic mass is 10.3. The fraction of sp³-hybridized carbons (Fsp3) is 0.400. The zero-order valence-corrected chi connectivity index (χ0v) is 10.3. The Morgan fingerprint density at radius 3 is 3.19 bits per heavy atom. The van der Waals surface area contributed by atoms with Crippen molar-refractivity contribution in [1.29, 1.82) is 0 Å². The van der Waals surface area contributed by atoms with Gasteiger partial charge in [-0.15, -0.1) is 11.3 Å². The van der Waals surface area contributed by atoms with E-state index in [0.717, 1.165) is 24.3 Å². The van der Waals surface area contributed by atoms with Gasteiger partial charge in [0.25, 0.3) is 5.24 Å². The van der Waals surface area contributed by atoms with Gasteiger partial charge in [0.15, 0.2) is 0 Å². The zero-order chi connectivity index (χ0) is 11.5. The van der Waals surface area contributed by atoms with Gasteiger partial charge in [0.2, 0.25) is 0 Å². The van der Waals surface area contributed by atoms with E-state index >= 15 is 0 Å². The molecule has 6 heteroatoms. The molecule has 86 valence electrons. The number of rotatable bonds is 5. The predicted octanol–water partition coefficient (Wildman–Crippen LogP) is 2.35. The zero-order valence-electron chi connectivity index (χ0n) is 8.77. The first-order valence-corrected chi connectivity index (χ1v) is 6.06. The van der Waals surface area contributed by atoms with Gasteiger partial charge in [-0.05, 0) is 24.4 Å². The van der Waals surface area contributed by atoms with Crippen LogP contribution in [0.15, 0.2) is 12.4 Å². The Hall–Kier alpha value is -0.910. The summed E-state index contributed by atoms with van der Waals surface area (Å²) in [5.74, 6) is 0. The minimum atomic E-state index is -0.458. The van der Waals surface area contributed by atoms with E-state index in [1.165, 1.54) is 11.1 Å². The van der Waals surface area contributed by atoms with Crippen LogP contribution in [-0.4, -0.2) is 28.6 Å². The van der Waals surface area contributed by atoms with E-state index in [1.807, 2.05) is 6.20 Å². The Bertz CT molecular complexity index is 506. The van der Waals surface area contributed by atoms with Crippen LogP contribution in [0.2, 0.25) is 0 Å². The molecule has 2 aromatic rings. The summed E-state index contributed by atoms with van der Waals surface area (Å²) in [6.07, 6.45) is 5.32. The molecular weight excluding hydrogens is 248 g/mol. The van der Waals surface area contributed by atoms with Gasteiger partial charge in [-0.2, -0.15) is 5.10 Å². The Labute approximate surface area is 102 Å². The van der Waals surface area contributed by atoms with Gasteiger partial charge in [0, 0.05) is 24.8 Å². The second kappa shape index (κ2) is 4.95. The minimum absolute atomic E-state index is 0.458. The second-order valence-electron chi connectivity index (χ2n) is 3.38. The number of carbonyl (C=O) groups excluding carboxylic acids is 1. The number of hydrogen-bond donors (Lipinski definition) is 0. The number of methoxy groups -OCH3 is 1. The van der Waals surface area contributed by atoms with E-state index < -0.39 is 5.24 Å². The van der Waals surface area contributed by atoms with E-state index in [4.69, 9.17) is 16.3 Å². The highest BCUT2D eigenvalue weighted by Gasteiger charge is 2.13. The number of halogens is 1. The summed E-state index contributed by atoms with van der Waals surface area (Å²) in [7, 11) is 1.69. The van der Waals surface area contributed by atoms with Crippen LogP contribution in [0.1, 0.15) is 21.7 Å². The quantitative estimate of drug-likeness (QED) is 0.611. The SMILES string of the molecule is COCCCc1cn2ncc(C(=O)Cl)c2s1. The number of ether oxygens (including phenoxy) is 1. The number of aromatic nitrogens is 2. The summed E-state index contributed by atoms with van der Waals surface area (Å²) in [4.78, 5) is 13.1. The molecular formula is C10H11ClN2O2S. The average Bonchev–Trinajstić information content (AvgIpc) is 2.76. The van der Waals surface area contributed by atoms with Crippen LogP contribution in [0.4, 0.5) is 0 Å². The lowest BCUT2D eigenvalue weighted by Gasteiger charge is -1.95. The third-order valence-corrected chi connectivity index (χ3v) is 3.60. The topological polar surface area (TPSA) is 43.6 Å². The molecule has 0 unspecified atom stereocenters. The molecule has 0 aliphatic heterocycles. The van der Waals surface area contributed by atoms with Gasteiger partial charge < -0.3 is 4.74 Å². The summed E-state index contributed by atoms with van der Waals surface area (Å²) >= 11 is 7.00. The standard InChI is InChI=1S/C10H11ClN2O2S/c1-15-4-2-3-7-6-13-10(16-7)8(5-12-13)9(11)14/h5-6H,2-4H2,1H3. The maximum absolute atomic E-state index is 11.1. The van der Waals surface area contributed by atoms with Crippen molar-refractivity contribution in [2.75, 3.05) is 13.7 Å². The average molecular weight is 259 g/mol. The molecule has 0 N–H and O–H groups in total. The molecule has 0 fully saturated rings. The largest absolute Gasteiger partial charge is 0.385 e. The minimum Gasteiger partial charge on any atom is -0.385 e. The fourth-order valence-electron chi connectivity index (χ4n) is 1.47. The van der Waals surface area contributed by atoms with Gasteiger partial charge in [0.1, 0.15) is 4.83 Å². The number of carbonyl (C=O) groups is 1. The molecule has 0 saturated heterocycles. The Balaban J connectivity index is 2.20. The summed E-state index contributed by atoms with van der Waals surface area (Å²) in [6.45, 7) is 0.738. The highest BCUT2D eigenvalue weighted by atomic mass is 35.5. The molecule has 0 aromatic carbocycles. The van der Waals surface area contributed by atoms with Crippen LogP contribution in [0.5, 0.6) is 0 Å². The van der Waals surface area contributed by atoms with Gasteiger partial charge in [-0.1, -0.05) is 0 Å². The maximum atomic E-state index is 11.1. The lowest BCUT2D eigenvalue weighted by molar-refractivity contribution is 0.108. The van der Waals surface area contributed by atoms with Crippen LogP contribution >= 0.6 is 22.9 Å². The first-order valence-electron chi connectivity index (χ1n) is 4.87. The van der Waals surface area contributed by atoms with E-state index in [9.17, 15) is 4.79 Å². The van der Waals surface area contributed by atoms with Crippen molar-refractivity contribution in [1.82, 2.24) is 9.61 Å². The molecule has 2 heterocycles. The van der Waals surface area contributed by atoms with Crippen molar-refractivity contribution in [3.8, 4) is 0 Å². The first-order chi connectivity index (χ1) is 7.72. The van der Waals surface area contributed by atoms with Crippen molar-refractivity contribution in [3.63, 3.8) is 0 Å². The number of fused-ring (bicyclic) bond motifs is 1. The Morgan fingerprint density at radius 2 is 2.50 bits per heavy atom. The van der Waals surface area contributed by atoms with E-state index in [2.05, 4.69) is 5.10 Å². The van der Waals surface area contributed by atoms with Crippen molar-refractivity contribution in [2.24, 2.45) is 0 Å². The Morgan fingerprint density at radius 1 is 1.69 bits per heavy atom. The molecule has 0 spiro atoms. The third kappa shape index (κ3) is 2.26. The molecule has 16 heavy (non-hydrogen) atoms. The smallest absolute Gasteiger partial charge is 0.257 e. The normalized spacial score (nSPS) is 11.1. The van der Waals surface area contributed by atoms with Crippen LogP contribution in [0.25, 0.3) is 4.83 Å². The lowest BCUT2D eigenvalue weighted by Crippen LogP contribution is -1.90. The van der Waals surface area contributed by atoms with E-state index in [-0.39, 0.29) is 0 Å². The van der Waals surface area contributed by atoms with Gasteiger partial charge in [-0.3, -0.25) is 4.79 Å². The summed E-state index contributed by atoms with van der Waals surface area (Å²) in [6, 6.07) is 0.